The largest absolute Gasteiger partial charge is 0.494 e. The molecule has 0 radical (unpaired) electrons. The topological polar surface area (TPSA) is 50.8 Å². The molecule has 1 atom stereocenters. The number of nitrogens with zero attached hydrogens (tertiary/aromatic N) is 1. The van der Waals surface area contributed by atoms with Crippen LogP contribution in [-0.2, 0) is 6.42 Å². The molecule has 1 heterocycles. The molecule has 0 saturated heterocycles. The summed E-state index contributed by atoms with van der Waals surface area (Å²) in [6.45, 7) is 4.74. The SMILES string of the molecule is CCOc1ccc(OCNC(=O)N2c3ccccc3CC2C)cc1. The van der Waals surface area contributed by atoms with Gasteiger partial charge in [0.15, 0.2) is 6.73 Å². The number of nitrogens with one attached hydrogen (secondary N) is 1. The minimum Gasteiger partial charge on any atom is -0.494 e. The molecule has 1 unspecified atom stereocenters. The summed E-state index contributed by atoms with van der Waals surface area (Å²) >= 11 is 0. The summed E-state index contributed by atoms with van der Waals surface area (Å²) in [5, 5.41) is 2.82. The van der Waals surface area contributed by atoms with Crippen LogP contribution >= 0.6 is 0 Å². The number of rotatable bonds is 5. The second-order valence-corrected chi connectivity index (χ2v) is 5.73. The molecule has 1 aliphatic rings. The van der Waals surface area contributed by atoms with E-state index in [0.29, 0.717) is 12.4 Å². The van der Waals surface area contributed by atoms with E-state index < -0.39 is 0 Å². The molecule has 0 saturated carbocycles. The second kappa shape index (κ2) is 7.25. The van der Waals surface area contributed by atoms with Gasteiger partial charge < -0.3 is 14.8 Å². The zero-order valence-electron chi connectivity index (χ0n) is 14.0. The molecule has 0 bridgehead atoms. The fraction of sp³-hybridized carbons (Fsp3) is 0.316. The average Bonchev–Trinajstić information content (AvgIpc) is 2.92. The first kappa shape index (κ1) is 16.2. The lowest BCUT2D eigenvalue weighted by Crippen LogP contribution is -2.44. The van der Waals surface area contributed by atoms with E-state index in [0.717, 1.165) is 17.9 Å². The van der Waals surface area contributed by atoms with Crippen molar-refractivity contribution in [2.24, 2.45) is 0 Å². The summed E-state index contributed by atoms with van der Waals surface area (Å²) in [5.41, 5.74) is 2.18. The van der Waals surface area contributed by atoms with Crippen molar-refractivity contribution in [2.75, 3.05) is 18.2 Å². The Bertz CT molecular complexity index is 700. The van der Waals surface area contributed by atoms with Crippen LogP contribution in [0.5, 0.6) is 11.5 Å². The second-order valence-electron chi connectivity index (χ2n) is 5.73. The number of benzene rings is 2. The van der Waals surface area contributed by atoms with Crippen LogP contribution < -0.4 is 19.7 Å². The van der Waals surface area contributed by atoms with Gasteiger partial charge in [-0.2, -0.15) is 0 Å². The van der Waals surface area contributed by atoms with Crippen molar-refractivity contribution in [1.82, 2.24) is 5.32 Å². The molecule has 2 aromatic rings. The zero-order chi connectivity index (χ0) is 16.9. The summed E-state index contributed by atoms with van der Waals surface area (Å²) in [5.74, 6) is 1.49. The van der Waals surface area contributed by atoms with E-state index in [-0.39, 0.29) is 18.8 Å². The Labute approximate surface area is 142 Å². The number of carbonyl (C=O) groups is 1. The molecule has 24 heavy (non-hydrogen) atoms. The van der Waals surface area contributed by atoms with E-state index in [1.807, 2.05) is 56.3 Å². The van der Waals surface area contributed by atoms with Crippen LogP contribution in [-0.4, -0.2) is 25.4 Å². The van der Waals surface area contributed by atoms with Gasteiger partial charge >= 0.3 is 6.03 Å². The lowest BCUT2D eigenvalue weighted by Gasteiger charge is -2.23. The van der Waals surface area contributed by atoms with Crippen molar-refractivity contribution in [3.8, 4) is 11.5 Å². The summed E-state index contributed by atoms with van der Waals surface area (Å²) in [6.07, 6.45) is 0.878. The minimum absolute atomic E-state index is 0.123. The maximum absolute atomic E-state index is 12.5. The highest BCUT2D eigenvalue weighted by atomic mass is 16.5. The summed E-state index contributed by atoms with van der Waals surface area (Å²) in [7, 11) is 0. The van der Waals surface area contributed by atoms with E-state index in [4.69, 9.17) is 9.47 Å². The number of fused-ring (bicyclic) bond motifs is 1. The highest BCUT2D eigenvalue weighted by Gasteiger charge is 2.30. The number of anilines is 1. The predicted molar refractivity (Wildman–Crippen MR) is 93.7 cm³/mol. The third-order valence-electron chi connectivity index (χ3n) is 4.02. The van der Waals surface area contributed by atoms with Crippen LogP contribution in [0, 0.1) is 0 Å². The number of ether oxygens (including phenoxy) is 2. The molecule has 1 N–H and O–H groups in total. The number of carbonyl (C=O) groups excluding carboxylic acids is 1. The number of hydrogen-bond acceptors (Lipinski definition) is 3. The Balaban J connectivity index is 1.54. The number of para-hydroxylation sites is 1. The Morgan fingerprint density at radius 2 is 1.79 bits per heavy atom. The van der Waals surface area contributed by atoms with Crippen molar-refractivity contribution in [1.29, 1.82) is 0 Å². The van der Waals surface area contributed by atoms with E-state index in [2.05, 4.69) is 11.4 Å². The van der Waals surface area contributed by atoms with E-state index in [1.165, 1.54) is 5.56 Å². The quantitative estimate of drug-likeness (QED) is 0.855. The first-order valence-electron chi connectivity index (χ1n) is 8.19. The van der Waals surface area contributed by atoms with Crippen LogP contribution in [0.2, 0.25) is 0 Å². The van der Waals surface area contributed by atoms with Gasteiger partial charge in [0.25, 0.3) is 0 Å². The standard InChI is InChI=1S/C19H22N2O3/c1-3-23-16-8-10-17(11-9-16)24-13-20-19(22)21-14(2)12-15-6-4-5-7-18(15)21/h4-11,14H,3,12-13H2,1-2H3,(H,20,22). The molecule has 2 amide bonds. The zero-order valence-corrected chi connectivity index (χ0v) is 14.0. The first-order valence-corrected chi connectivity index (χ1v) is 8.19. The fourth-order valence-corrected chi connectivity index (χ4v) is 2.94. The molecule has 2 aromatic carbocycles. The molecular formula is C19H22N2O3. The van der Waals surface area contributed by atoms with E-state index in [9.17, 15) is 4.79 Å². The molecule has 0 aromatic heterocycles. The molecule has 5 nitrogen and oxygen atoms in total. The molecule has 5 heteroatoms. The minimum atomic E-state index is -0.140. The van der Waals surface area contributed by atoms with Crippen LogP contribution in [0.3, 0.4) is 0 Å². The normalized spacial score (nSPS) is 15.8. The van der Waals surface area contributed by atoms with Gasteiger partial charge in [0, 0.05) is 11.7 Å². The van der Waals surface area contributed by atoms with E-state index >= 15 is 0 Å². The van der Waals surface area contributed by atoms with Gasteiger partial charge in [-0.3, -0.25) is 4.90 Å². The third-order valence-corrected chi connectivity index (χ3v) is 4.02. The average molecular weight is 326 g/mol. The van der Waals surface area contributed by atoms with Gasteiger partial charge in [-0.15, -0.1) is 0 Å². The van der Waals surface area contributed by atoms with Crippen LogP contribution in [0.1, 0.15) is 19.4 Å². The highest BCUT2D eigenvalue weighted by Crippen LogP contribution is 2.31. The number of hydrogen-bond donors (Lipinski definition) is 1. The van der Waals surface area contributed by atoms with Crippen LogP contribution in [0.25, 0.3) is 0 Å². The maximum Gasteiger partial charge on any atom is 0.324 e. The Hall–Kier alpha value is -2.69. The Morgan fingerprint density at radius 3 is 2.50 bits per heavy atom. The van der Waals surface area contributed by atoms with Gasteiger partial charge in [-0.25, -0.2) is 4.79 Å². The van der Waals surface area contributed by atoms with Crippen LogP contribution in [0.15, 0.2) is 48.5 Å². The molecule has 3 rings (SSSR count). The summed E-state index contributed by atoms with van der Waals surface area (Å²) in [4.78, 5) is 14.3. The van der Waals surface area contributed by atoms with Gasteiger partial charge in [0.1, 0.15) is 11.5 Å². The molecule has 0 spiro atoms. The lowest BCUT2D eigenvalue weighted by molar-refractivity contribution is 0.228. The van der Waals surface area contributed by atoms with Gasteiger partial charge in [-0.05, 0) is 56.2 Å². The van der Waals surface area contributed by atoms with Crippen molar-refractivity contribution in [2.45, 2.75) is 26.3 Å². The molecule has 0 aliphatic carbocycles. The predicted octanol–water partition coefficient (Wildman–Crippen LogP) is 3.58. The van der Waals surface area contributed by atoms with Gasteiger partial charge in [0.05, 0.1) is 6.61 Å². The highest BCUT2D eigenvalue weighted by molar-refractivity contribution is 5.94. The molecular weight excluding hydrogens is 304 g/mol. The van der Waals surface area contributed by atoms with Crippen LogP contribution in [0.4, 0.5) is 10.5 Å². The summed E-state index contributed by atoms with van der Waals surface area (Å²) in [6, 6.07) is 15.3. The van der Waals surface area contributed by atoms with Crippen molar-refractivity contribution in [3.05, 3.63) is 54.1 Å². The first-order chi connectivity index (χ1) is 11.7. The van der Waals surface area contributed by atoms with E-state index in [1.54, 1.807) is 4.90 Å². The van der Waals surface area contributed by atoms with Crippen molar-refractivity contribution < 1.29 is 14.3 Å². The smallest absolute Gasteiger partial charge is 0.324 e. The molecule has 1 aliphatic heterocycles. The fourth-order valence-electron chi connectivity index (χ4n) is 2.94. The van der Waals surface area contributed by atoms with Crippen molar-refractivity contribution >= 4 is 11.7 Å². The van der Waals surface area contributed by atoms with Gasteiger partial charge in [0.2, 0.25) is 0 Å². The Kier molecular flexibility index (Phi) is 4.89. The lowest BCUT2D eigenvalue weighted by atomic mass is 10.1. The molecule has 0 fully saturated rings. The third kappa shape index (κ3) is 3.45. The van der Waals surface area contributed by atoms with Gasteiger partial charge in [-0.1, -0.05) is 18.2 Å². The Morgan fingerprint density at radius 1 is 1.12 bits per heavy atom. The number of amides is 2. The van der Waals surface area contributed by atoms with Crippen molar-refractivity contribution in [3.63, 3.8) is 0 Å². The molecule has 126 valence electrons. The summed E-state index contributed by atoms with van der Waals surface area (Å²) < 4.78 is 11.0. The number of urea groups is 1. The monoisotopic (exact) mass is 326 g/mol. The maximum atomic E-state index is 12.5.